The minimum atomic E-state index is -0.0991. The molecule has 2 aliphatic rings. The predicted octanol–water partition coefficient (Wildman–Crippen LogP) is 2.78. The highest BCUT2D eigenvalue weighted by Crippen LogP contribution is 2.30. The number of hydrogen-bond acceptors (Lipinski definition) is 2. The Kier molecular flexibility index (Phi) is 4.61. The van der Waals surface area contributed by atoms with E-state index in [9.17, 15) is 9.59 Å². The van der Waals surface area contributed by atoms with Gasteiger partial charge in [0.25, 0.3) is 0 Å². The Bertz CT molecular complexity index is 531. The average molecular weight is 301 g/mol. The van der Waals surface area contributed by atoms with Crippen LogP contribution in [0.15, 0.2) is 24.3 Å². The standard InChI is InChI=1S/C17H23N3O2/c21-16(13-7-8-13)19-15-9-5-12(6-10-15)11-18-17(22)20-14-3-1-2-4-14/h5-6,9-10,13-14H,1-4,7-8,11H2,(H,19,21)(H2,18,20,22). The van der Waals surface area contributed by atoms with Gasteiger partial charge in [0.1, 0.15) is 0 Å². The number of rotatable bonds is 5. The minimum Gasteiger partial charge on any atom is -0.335 e. The highest BCUT2D eigenvalue weighted by molar-refractivity contribution is 5.94. The van der Waals surface area contributed by atoms with Crippen molar-refractivity contribution in [1.82, 2.24) is 10.6 Å². The topological polar surface area (TPSA) is 70.2 Å². The third-order valence-corrected chi connectivity index (χ3v) is 4.31. The molecule has 3 rings (SSSR count). The molecule has 0 aliphatic heterocycles. The lowest BCUT2D eigenvalue weighted by atomic mass is 10.2. The van der Waals surface area contributed by atoms with Crippen molar-refractivity contribution in [2.45, 2.75) is 51.1 Å². The van der Waals surface area contributed by atoms with E-state index in [1.54, 1.807) is 0 Å². The molecule has 118 valence electrons. The third-order valence-electron chi connectivity index (χ3n) is 4.31. The fourth-order valence-corrected chi connectivity index (χ4v) is 2.78. The second-order valence-corrected chi connectivity index (χ2v) is 6.27. The molecule has 2 saturated carbocycles. The summed E-state index contributed by atoms with van der Waals surface area (Å²) in [6, 6.07) is 7.85. The molecule has 0 unspecified atom stereocenters. The first-order valence-corrected chi connectivity index (χ1v) is 8.15. The quantitative estimate of drug-likeness (QED) is 0.782. The number of carbonyl (C=O) groups excluding carboxylic acids is 2. The highest BCUT2D eigenvalue weighted by Gasteiger charge is 2.29. The Labute approximate surface area is 130 Å². The van der Waals surface area contributed by atoms with Gasteiger partial charge in [0, 0.05) is 24.2 Å². The van der Waals surface area contributed by atoms with E-state index in [1.165, 1.54) is 12.8 Å². The molecular formula is C17H23N3O2. The van der Waals surface area contributed by atoms with Gasteiger partial charge in [-0.25, -0.2) is 4.79 Å². The maximum Gasteiger partial charge on any atom is 0.315 e. The van der Waals surface area contributed by atoms with Crippen molar-refractivity contribution in [3.63, 3.8) is 0 Å². The van der Waals surface area contributed by atoms with Crippen LogP contribution in [0.25, 0.3) is 0 Å². The summed E-state index contributed by atoms with van der Waals surface area (Å²) in [5, 5.41) is 8.78. The molecule has 0 saturated heterocycles. The zero-order valence-corrected chi connectivity index (χ0v) is 12.7. The Morgan fingerprint density at radius 2 is 1.68 bits per heavy atom. The molecule has 5 heteroatoms. The van der Waals surface area contributed by atoms with Crippen LogP contribution < -0.4 is 16.0 Å². The molecule has 3 N–H and O–H groups in total. The number of hydrogen-bond donors (Lipinski definition) is 3. The fraction of sp³-hybridized carbons (Fsp3) is 0.529. The Morgan fingerprint density at radius 1 is 1.00 bits per heavy atom. The largest absolute Gasteiger partial charge is 0.335 e. The van der Waals surface area contributed by atoms with Gasteiger partial charge < -0.3 is 16.0 Å². The van der Waals surface area contributed by atoms with Crippen LogP contribution in [-0.4, -0.2) is 18.0 Å². The summed E-state index contributed by atoms with van der Waals surface area (Å²) in [7, 11) is 0. The van der Waals surface area contributed by atoms with E-state index in [-0.39, 0.29) is 17.9 Å². The van der Waals surface area contributed by atoms with Crippen LogP contribution in [0.4, 0.5) is 10.5 Å². The maximum atomic E-state index is 11.8. The molecule has 0 aromatic heterocycles. The van der Waals surface area contributed by atoms with Gasteiger partial charge in [0.15, 0.2) is 0 Å². The van der Waals surface area contributed by atoms with Crippen molar-refractivity contribution in [1.29, 1.82) is 0 Å². The molecule has 2 aliphatic carbocycles. The summed E-state index contributed by atoms with van der Waals surface area (Å²) in [6.45, 7) is 0.495. The molecule has 5 nitrogen and oxygen atoms in total. The van der Waals surface area contributed by atoms with Gasteiger partial charge >= 0.3 is 6.03 Å². The van der Waals surface area contributed by atoms with Crippen LogP contribution in [0.1, 0.15) is 44.1 Å². The smallest absolute Gasteiger partial charge is 0.315 e. The molecule has 0 radical (unpaired) electrons. The molecular weight excluding hydrogens is 278 g/mol. The Morgan fingerprint density at radius 3 is 2.32 bits per heavy atom. The number of amides is 3. The summed E-state index contributed by atoms with van der Waals surface area (Å²) in [6.07, 6.45) is 6.59. The lowest BCUT2D eigenvalue weighted by Crippen LogP contribution is -2.40. The van der Waals surface area contributed by atoms with Crippen LogP contribution in [0.2, 0.25) is 0 Å². The summed E-state index contributed by atoms with van der Waals surface area (Å²) in [5.41, 5.74) is 1.84. The first kappa shape index (κ1) is 14.9. The molecule has 0 atom stereocenters. The van der Waals surface area contributed by atoms with E-state index in [1.807, 2.05) is 24.3 Å². The monoisotopic (exact) mass is 301 g/mol. The molecule has 0 bridgehead atoms. The molecule has 0 heterocycles. The van der Waals surface area contributed by atoms with E-state index < -0.39 is 0 Å². The van der Waals surface area contributed by atoms with E-state index in [0.29, 0.717) is 12.6 Å². The predicted molar refractivity (Wildman–Crippen MR) is 85.4 cm³/mol. The highest BCUT2D eigenvalue weighted by atomic mass is 16.2. The van der Waals surface area contributed by atoms with Gasteiger partial charge in [-0.15, -0.1) is 0 Å². The summed E-state index contributed by atoms with van der Waals surface area (Å²) in [5.74, 6) is 0.322. The van der Waals surface area contributed by atoms with Crippen molar-refractivity contribution in [3.8, 4) is 0 Å². The molecule has 0 spiro atoms. The van der Waals surface area contributed by atoms with Crippen LogP contribution >= 0.6 is 0 Å². The fourth-order valence-electron chi connectivity index (χ4n) is 2.78. The number of urea groups is 1. The molecule has 3 amide bonds. The van der Waals surface area contributed by atoms with Gasteiger partial charge in [-0.2, -0.15) is 0 Å². The Balaban J connectivity index is 1.42. The zero-order chi connectivity index (χ0) is 15.4. The van der Waals surface area contributed by atoms with Crippen molar-refractivity contribution in [3.05, 3.63) is 29.8 Å². The van der Waals surface area contributed by atoms with E-state index in [4.69, 9.17) is 0 Å². The number of benzene rings is 1. The van der Waals surface area contributed by atoms with Gasteiger partial charge in [0.05, 0.1) is 0 Å². The molecule has 1 aromatic carbocycles. The van der Waals surface area contributed by atoms with Crippen LogP contribution in [-0.2, 0) is 11.3 Å². The van der Waals surface area contributed by atoms with Crippen LogP contribution in [0, 0.1) is 5.92 Å². The average Bonchev–Trinajstić information content (AvgIpc) is 3.26. The van der Waals surface area contributed by atoms with E-state index >= 15 is 0 Å². The van der Waals surface area contributed by atoms with Crippen molar-refractivity contribution >= 4 is 17.6 Å². The molecule has 2 fully saturated rings. The van der Waals surface area contributed by atoms with Gasteiger partial charge in [-0.3, -0.25) is 4.79 Å². The Hall–Kier alpha value is -2.04. The van der Waals surface area contributed by atoms with Gasteiger partial charge in [-0.1, -0.05) is 25.0 Å². The van der Waals surface area contributed by atoms with Crippen molar-refractivity contribution in [2.75, 3.05) is 5.32 Å². The number of anilines is 1. The SMILES string of the molecule is O=C(NCc1ccc(NC(=O)C2CC2)cc1)NC1CCCC1. The minimum absolute atomic E-state index is 0.0991. The summed E-state index contributed by atoms with van der Waals surface area (Å²) >= 11 is 0. The molecule has 22 heavy (non-hydrogen) atoms. The second-order valence-electron chi connectivity index (χ2n) is 6.27. The zero-order valence-electron chi connectivity index (χ0n) is 12.7. The van der Waals surface area contributed by atoms with Crippen LogP contribution in [0.3, 0.4) is 0 Å². The van der Waals surface area contributed by atoms with Crippen molar-refractivity contribution in [2.24, 2.45) is 5.92 Å². The third kappa shape index (κ3) is 4.23. The normalized spacial score (nSPS) is 18.0. The maximum absolute atomic E-state index is 11.8. The van der Waals surface area contributed by atoms with Gasteiger partial charge in [-0.05, 0) is 43.4 Å². The summed E-state index contributed by atoms with van der Waals surface area (Å²) < 4.78 is 0. The lowest BCUT2D eigenvalue weighted by Gasteiger charge is -2.13. The van der Waals surface area contributed by atoms with Crippen molar-refractivity contribution < 1.29 is 9.59 Å². The van der Waals surface area contributed by atoms with E-state index in [2.05, 4.69) is 16.0 Å². The van der Waals surface area contributed by atoms with E-state index in [0.717, 1.165) is 36.9 Å². The second kappa shape index (κ2) is 6.81. The first-order valence-electron chi connectivity index (χ1n) is 8.15. The lowest BCUT2D eigenvalue weighted by molar-refractivity contribution is -0.117. The first-order chi connectivity index (χ1) is 10.7. The summed E-state index contributed by atoms with van der Waals surface area (Å²) in [4.78, 5) is 23.5. The van der Waals surface area contributed by atoms with Crippen LogP contribution in [0.5, 0.6) is 0 Å². The van der Waals surface area contributed by atoms with Gasteiger partial charge in [0.2, 0.25) is 5.91 Å². The molecule has 1 aromatic rings. The number of nitrogens with one attached hydrogen (secondary N) is 3. The number of carbonyl (C=O) groups is 2.